The zero-order valence-corrected chi connectivity index (χ0v) is 11.9. The second-order valence-electron chi connectivity index (χ2n) is 4.31. The summed E-state index contributed by atoms with van der Waals surface area (Å²) in [5, 5.41) is 0. The summed E-state index contributed by atoms with van der Waals surface area (Å²) in [5.41, 5.74) is -0.114. The van der Waals surface area contributed by atoms with Crippen molar-refractivity contribution in [2.75, 3.05) is 13.2 Å². The molecule has 0 aliphatic carbocycles. The molecule has 1 unspecified atom stereocenters. The van der Waals surface area contributed by atoms with Gasteiger partial charge in [0.25, 0.3) is 10.0 Å². The van der Waals surface area contributed by atoms with Crippen LogP contribution in [-0.4, -0.2) is 32.2 Å². The number of aryl methyl sites for hydroxylation is 1. The van der Waals surface area contributed by atoms with E-state index in [-0.39, 0.29) is 8.68 Å². The minimum Gasteiger partial charge on any atom is -0.379 e. The highest BCUT2D eigenvalue weighted by atomic mass is 35.5. The summed E-state index contributed by atoms with van der Waals surface area (Å²) in [6, 6.07) is 0. The molecule has 1 aliphatic heterocycles. The van der Waals surface area contributed by atoms with Crippen molar-refractivity contribution < 1.29 is 13.2 Å². The Hall–Kier alpha value is -0.210. The summed E-state index contributed by atoms with van der Waals surface area (Å²) < 4.78 is 32.6. The Morgan fingerprint density at radius 2 is 2.29 bits per heavy atom. The highest BCUT2D eigenvalue weighted by Gasteiger charge is 2.36. The van der Waals surface area contributed by atoms with Gasteiger partial charge >= 0.3 is 0 Å². The number of hydrogen-bond donors (Lipinski definition) is 1. The Kier molecular flexibility index (Phi) is 3.48. The van der Waals surface area contributed by atoms with Crippen molar-refractivity contribution >= 4 is 33.0 Å². The molecule has 1 atom stereocenters. The van der Waals surface area contributed by atoms with Gasteiger partial charge in [0, 0.05) is 6.61 Å². The van der Waals surface area contributed by atoms with E-state index >= 15 is 0 Å². The van der Waals surface area contributed by atoms with Crippen molar-refractivity contribution in [2.45, 2.75) is 30.0 Å². The number of thiazole rings is 1. The van der Waals surface area contributed by atoms with E-state index in [0.29, 0.717) is 25.3 Å². The lowest BCUT2D eigenvalue weighted by Gasteiger charge is -2.22. The lowest BCUT2D eigenvalue weighted by atomic mass is 10.0. The first-order valence-corrected chi connectivity index (χ1v) is 7.75. The second-order valence-corrected chi connectivity index (χ2v) is 7.77. The monoisotopic (exact) mass is 296 g/mol. The van der Waals surface area contributed by atoms with E-state index in [2.05, 4.69) is 9.71 Å². The summed E-state index contributed by atoms with van der Waals surface area (Å²) in [7, 11) is -3.57. The van der Waals surface area contributed by atoms with E-state index in [1.165, 1.54) is 0 Å². The highest BCUT2D eigenvalue weighted by Crippen LogP contribution is 2.29. The molecule has 1 aromatic rings. The topological polar surface area (TPSA) is 68.3 Å². The zero-order chi connectivity index (χ0) is 12.7. The first-order valence-electron chi connectivity index (χ1n) is 5.07. The molecule has 1 aromatic heterocycles. The van der Waals surface area contributed by atoms with Crippen molar-refractivity contribution in [1.29, 1.82) is 0 Å². The number of nitrogens with zero attached hydrogens (tertiary/aromatic N) is 1. The maximum absolute atomic E-state index is 12.2. The molecule has 0 saturated carbocycles. The molecule has 0 spiro atoms. The summed E-state index contributed by atoms with van der Waals surface area (Å²) in [4.78, 5) is 3.91. The van der Waals surface area contributed by atoms with Gasteiger partial charge in [-0.15, -0.1) is 0 Å². The maximum atomic E-state index is 12.2. The minimum absolute atomic E-state index is 0.177. The Bertz CT molecular complexity index is 520. The Morgan fingerprint density at radius 1 is 1.59 bits per heavy atom. The van der Waals surface area contributed by atoms with Crippen molar-refractivity contribution in [3.8, 4) is 0 Å². The Balaban J connectivity index is 2.28. The number of rotatable bonds is 3. The van der Waals surface area contributed by atoms with Gasteiger partial charge in [-0.05, 0) is 20.3 Å². The number of ether oxygens (including phenoxy) is 1. The summed E-state index contributed by atoms with van der Waals surface area (Å²) >= 11 is 6.68. The standard InChI is InChI=1S/C9H13ClN2O3S2/c1-6-7(16-8(10)11-6)17(13,14)12-9(2)3-4-15-5-9/h12H,3-5H2,1-2H3. The fourth-order valence-electron chi connectivity index (χ4n) is 1.72. The molecule has 1 fully saturated rings. The number of aromatic nitrogens is 1. The van der Waals surface area contributed by atoms with Gasteiger partial charge in [0.05, 0.1) is 17.8 Å². The van der Waals surface area contributed by atoms with Gasteiger partial charge < -0.3 is 4.74 Å². The Morgan fingerprint density at radius 3 is 2.76 bits per heavy atom. The van der Waals surface area contributed by atoms with Crippen LogP contribution in [-0.2, 0) is 14.8 Å². The van der Waals surface area contributed by atoms with Gasteiger partial charge in [-0.3, -0.25) is 0 Å². The average Bonchev–Trinajstić information content (AvgIpc) is 2.72. The number of halogens is 1. The molecule has 0 aromatic carbocycles. The molecule has 1 aliphatic rings. The van der Waals surface area contributed by atoms with Crippen LogP contribution in [0.1, 0.15) is 19.0 Å². The van der Waals surface area contributed by atoms with Gasteiger partial charge in [0.1, 0.15) is 0 Å². The highest BCUT2D eigenvalue weighted by molar-refractivity contribution is 7.91. The van der Waals surface area contributed by atoms with Gasteiger partial charge in [-0.2, -0.15) is 0 Å². The van der Waals surface area contributed by atoms with Crippen molar-refractivity contribution in [2.24, 2.45) is 0 Å². The molecule has 2 heterocycles. The third kappa shape index (κ3) is 2.79. The van der Waals surface area contributed by atoms with Crippen LogP contribution in [0, 0.1) is 6.92 Å². The number of hydrogen-bond acceptors (Lipinski definition) is 5. The molecule has 0 radical (unpaired) electrons. The van der Waals surface area contributed by atoms with Gasteiger partial charge in [-0.25, -0.2) is 18.1 Å². The summed E-state index contributed by atoms with van der Waals surface area (Å²) in [5.74, 6) is 0. The summed E-state index contributed by atoms with van der Waals surface area (Å²) in [6.45, 7) is 4.42. The molecule has 17 heavy (non-hydrogen) atoms. The molecular formula is C9H13ClN2O3S2. The smallest absolute Gasteiger partial charge is 0.252 e. The molecule has 1 N–H and O–H groups in total. The first-order chi connectivity index (χ1) is 7.82. The second kappa shape index (κ2) is 4.47. The lowest BCUT2D eigenvalue weighted by Crippen LogP contribution is -2.46. The number of nitrogens with one attached hydrogen (secondary N) is 1. The lowest BCUT2D eigenvalue weighted by molar-refractivity contribution is 0.178. The SMILES string of the molecule is Cc1nc(Cl)sc1S(=O)(=O)NC1(C)CCOC1. The van der Waals surface area contributed by atoms with E-state index in [0.717, 1.165) is 11.3 Å². The van der Waals surface area contributed by atoms with Crippen molar-refractivity contribution in [3.63, 3.8) is 0 Å². The largest absolute Gasteiger partial charge is 0.379 e. The molecule has 5 nitrogen and oxygen atoms in total. The number of sulfonamides is 1. The fourth-order valence-corrected chi connectivity index (χ4v) is 4.88. The minimum atomic E-state index is -3.57. The molecule has 0 amide bonds. The van der Waals surface area contributed by atoms with E-state index in [1.807, 2.05) is 6.92 Å². The van der Waals surface area contributed by atoms with Crippen LogP contribution in [0.3, 0.4) is 0 Å². The summed E-state index contributed by atoms with van der Waals surface area (Å²) in [6.07, 6.45) is 0.664. The zero-order valence-electron chi connectivity index (χ0n) is 9.49. The van der Waals surface area contributed by atoms with E-state index in [1.54, 1.807) is 6.92 Å². The third-order valence-electron chi connectivity index (χ3n) is 2.57. The van der Waals surface area contributed by atoms with E-state index in [4.69, 9.17) is 16.3 Å². The van der Waals surface area contributed by atoms with Crippen LogP contribution in [0.15, 0.2) is 4.21 Å². The molecule has 0 bridgehead atoms. The van der Waals surface area contributed by atoms with Crippen LogP contribution in [0.5, 0.6) is 0 Å². The van der Waals surface area contributed by atoms with Crippen LogP contribution >= 0.6 is 22.9 Å². The van der Waals surface area contributed by atoms with Crippen LogP contribution in [0.2, 0.25) is 4.47 Å². The van der Waals surface area contributed by atoms with E-state index in [9.17, 15) is 8.42 Å². The molecule has 8 heteroatoms. The average molecular weight is 297 g/mol. The quantitative estimate of drug-likeness (QED) is 0.919. The van der Waals surface area contributed by atoms with Gasteiger partial charge in [0.2, 0.25) is 0 Å². The molecular weight excluding hydrogens is 284 g/mol. The van der Waals surface area contributed by atoms with Crippen LogP contribution in [0.25, 0.3) is 0 Å². The maximum Gasteiger partial charge on any atom is 0.252 e. The normalized spacial score (nSPS) is 25.4. The predicted octanol–water partition coefficient (Wildman–Crippen LogP) is 1.56. The van der Waals surface area contributed by atoms with Crippen LogP contribution < -0.4 is 4.72 Å². The molecule has 1 saturated heterocycles. The van der Waals surface area contributed by atoms with Crippen LogP contribution in [0.4, 0.5) is 0 Å². The van der Waals surface area contributed by atoms with Crippen molar-refractivity contribution in [3.05, 3.63) is 10.2 Å². The molecule has 2 rings (SSSR count). The van der Waals surface area contributed by atoms with E-state index < -0.39 is 15.6 Å². The molecule has 96 valence electrons. The predicted molar refractivity (Wildman–Crippen MR) is 66.0 cm³/mol. The van der Waals surface area contributed by atoms with Crippen molar-refractivity contribution in [1.82, 2.24) is 9.71 Å². The van der Waals surface area contributed by atoms with Gasteiger partial charge in [-0.1, -0.05) is 22.9 Å². The third-order valence-corrected chi connectivity index (χ3v) is 6.08. The Labute approximate surface area is 109 Å². The fraction of sp³-hybridized carbons (Fsp3) is 0.667. The van der Waals surface area contributed by atoms with Gasteiger partial charge in [0.15, 0.2) is 8.68 Å². The first kappa shape index (κ1) is 13.2.